The fourth-order valence-electron chi connectivity index (χ4n) is 3.35. The van der Waals surface area contributed by atoms with Crippen molar-refractivity contribution in [2.24, 2.45) is 0 Å². The van der Waals surface area contributed by atoms with E-state index in [1.165, 1.54) is 4.68 Å². The van der Waals surface area contributed by atoms with Gasteiger partial charge in [-0.3, -0.25) is 4.79 Å². The average Bonchev–Trinajstić information content (AvgIpc) is 3.38. The normalized spacial score (nSPS) is 12.0. The molecule has 4 rings (SSSR count). The third-order valence-electron chi connectivity index (χ3n) is 5.37. The van der Waals surface area contributed by atoms with Crippen LogP contribution in [-0.2, 0) is 4.79 Å². The first-order chi connectivity index (χ1) is 16.6. The fourth-order valence-corrected chi connectivity index (χ4v) is 3.35. The van der Waals surface area contributed by atoms with Gasteiger partial charge in [0.15, 0.2) is 0 Å². The molecule has 1 heterocycles. The van der Waals surface area contributed by atoms with Crippen molar-refractivity contribution in [1.29, 1.82) is 5.26 Å². The molecule has 0 fully saturated rings. The number of para-hydroxylation sites is 1. The number of ether oxygens (including phenoxy) is 1. The number of amides is 1. The number of nitrogens with zero attached hydrogens (tertiary/aromatic N) is 4. The zero-order chi connectivity index (χ0) is 23.9. The van der Waals surface area contributed by atoms with Gasteiger partial charge < -0.3 is 10.1 Å². The molecular weight excluding hydrogens is 426 g/mol. The number of allylic oxidation sites excluding steroid dienone is 1. The van der Waals surface area contributed by atoms with Gasteiger partial charge in [0, 0.05) is 11.3 Å². The minimum Gasteiger partial charge on any atom is -0.497 e. The van der Waals surface area contributed by atoms with Gasteiger partial charge in [0.05, 0.1) is 24.9 Å². The molecule has 0 spiro atoms. The van der Waals surface area contributed by atoms with Crippen LogP contribution in [0.3, 0.4) is 0 Å². The molecule has 7 nitrogen and oxygen atoms in total. The molecule has 7 heteroatoms. The van der Waals surface area contributed by atoms with Crippen LogP contribution in [-0.4, -0.2) is 28.0 Å². The molecule has 1 N–H and O–H groups in total. The lowest BCUT2D eigenvalue weighted by Crippen LogP contribution is -2.24. The Balaban J connectivity index is 1.48. The van der Waals surface area contributed by atoms with Gasteiger partial charge in [0.25, 0.3) is 0 Å². The van der Waals surface area contributed by atoms with Gasteiger partial charge in [0.2, 0.25) is 5.91 Å². The first kappa shape index (κ1) is 22.5. The summed E-state index contributed by atoms with van der Waals surface area (Å²) in [6.07, 6.45) is 3.57. The Morgan fingerprint density at radius 3 is 2.41 bits per heavy atom. The van der Waals surface area contributed by atoms with Gasteiger partial charge in [0.1, 0.15) is 17.5 Å². The maximum absolute atomic E-state index is 12.6. The van der Waals surface area contributed by atoms with Crippen LogP contribution in [0, 0.1) is 11.3 Å². The molecule has 1 aromatic heterocycles. The quantitative estimate of drug-likeness (QED) is 0.309. The van der Waals surface area contributed by atoms with Crippen LogP contribution in [0.4, 0.5) is 5.69 Å². The lowest BCUT2D eigenvalue weighted by Gasteiger charge is -2.11. The van der Waals surface area contributed by atoms with Crippen LogP contribution in [0.15, 0.2) is 85.1 Å². The van der Waals surface area contributed by atoms with Crippen molar-refractivity contribution in [3.8, 4) is 23.1 Å². The predicted molar refractivity (Wildman–Crippen MR) is 132 cm³/mol. The second-order valence-electron chi connectivity index (χ2n) is 7.64. The summed E-state index contributed by atoms with van der Waals surface area (Å²) in [5.41, 5.74) is 4.46. The van der Waals surface area contributed by atoms with Crippen LogP contribution < -0.4 is 10.1 Å². The van der Waals surface area contributed by atoms with Crippen LogP contribution in [0.1, 0.15) is 24.1 Å². The molecule has 1 amide bonds. The van der Waals surface area contributed by atoms with Crippen LogP contribution >= 0.6 is 0 Å². The summed E-state index contributed by atoms with van der Waals surface area (Å²) in [7, 11) is 1.62. The lowest BCUT2D eigenvalue weighted by atomic mass is 10.0. The van der Waals surface area contributed by atoms with E-state index >= 15 is 0 Å². The Hall–Kier alpha value is -4.70. The molecule has 0 bridgehead atoms. The summed E-state index contributed by atoms with van der Waals surface area (Å²) in [6.45, 7) is 1.77. The summed E-state index contributed by atoms with van der Waals surface area (Å²) >= 11 is 0. The molecule has 1 atom stereocenters. The molecule has 34 heavy (non-hydrogen) atoms. The third-order valence-corrected chi connectivity index (χ3v) is 5.37. The van der Waals surface area contributed by atoms with Crippen molar-refractivity contribution in [1.82, 2.24) is 15.0 Å². The average molecular weight is 450 g/mol. The standard InChI is InChI=1S/C27H23N5O2/c1-19(27(33)29-24-6-4-3-5-7-24)32-18-26(30-31-32)22-12-10-21(11-13-22)23(17-28)16-20-8-14-25(34-2)15-9-20/h3-16,18-19H,1-2H3,(H,29,33)/b23-16+. The van der Waals surface area contributed by atoms with E-state index in [2.05, 4.69) is 21.7 Å². The first-order valence-electron chi connectivity index (χ1n) is 10.7. The largest absolute Gasteiger partial charge is 0.497 e. The molecular formula is C27H23N5O2. The van der Waals surface area contributed by atoms with Crippen molar-refractivity contribution in [2.75, 3.05) is 12.4 Å². The van der Waals surface area contributed by atoms with E-state index < -0.39 is 6.04 Å². The van der Waals surface area contributed by atoms with Crippen LogP contribution in [0.2, 0.25) is 0 Å². The number of carbonyl (C=O) groups is 1. The highest BCUT2D eigenvalue weighted by atomic mass is 16.5. The molecule has 0 aliphatic rings. The number of nitrogens with one attached hydrogen (secondary N) is 1. The monoisotopic (exact) mass is 449 g/mol. The van der Waals surface area contributed by atoms with Crippen molar-refractivity contribution < 1.29 is 9.53 Å². The Morgan fingerprint density at radius 2 is 1.76 bits per heavy atom. The van der Waals surface area contributed by atoms with Gasteiger partial charge in [-0.15, -0.1) is 5.10 Å². The summed E-state index contributed by atoms with van der Waals surface area (Å²) in [5.74, 6) is 0.584. The van der Waals surface area contributed by atoms with Gasteiger partial charge in [-0.25, -0.2) is 4.68 Å². The molecule has 0 saturated carbocycles. The summed E-state index contributed by atoms with van der Waals surface area (Å²) in [4.78, 5) is 12.6. The molecule has 3 aromatic carbocycles. The number of anilines is 1. The van der Waals surface area contributed by atoms with Crippen LogP contribution in [0.5, 0.6) is 5.75 Å². The van der Waals surface area contributed by atoms with Crippen molar-refractivity contribution in [3.63, 3.8) is 0 Å². The molecule has 0 saturated heterocycles. The van der Waals surface area contributed by atoms with Crippen molar-refractivity contribution in [3.05, 3.63) is 96.2 Å². The van der Waals surface area contributed by atoms with E-state index in [4.69, 9.17) is 4.74 Å². The Morgan fingerprint density at radius 1 is 1.06 bits per heavy atom. The zero-order valence-corrected chi connectivity index (χ0v) is 18.8. The molecule has 168 valence electrons. The van der Waals surface area contributed by atoms with E-state index in [0.717, 1.165) is 28.1 Å². The van der Waals surface area contributed by atoms with Crippen LogP contribution in [0.25, 0.3) is 22.9 Å². The summed E-state index contributed by atoms with van der Waals surface area (Å²) < 4.78 is 6.71. The van der Waals surface area contributed by atoms with Gasteiger partial charge in [-0.05, 0) is 48.4 Å². The minimum atomic E-state index is -0.529. The smallest absolute Gasteiger partial charge is 0.249 e. The SMILES string of the molecule is COc1ccc(/C=C(\C#N)c2ccc(-c3cn(C(C)C(=O)Nc4ccccc4)nn3)cc2)cc1. The minimum absolute atomic E-state index is 0.180. The fraction of sp³-hybridized carbons (Fsp3) is 0.111. The highest BCUT2D eigenvalue weighted by Gasteiger charge is 2.17. The number of benzene rings is 3. The summed E-state index contributed by atoms with van der Waals surface area (Å²) in [5, 5.41) is 20.9. The first-order valence-corrected chi connectivity index (χ1v) is 10.7. The zero-order valence-electron chi connectivity index (χ0n) is 18.8. The maximum Gasteiger partial charge on any atom is 0.249 e. The predicted octanol–water partition coefficient (Wildman–Crippen LogP) is 5.22. The Labute approximate surface area is 197 Å². The van der Waals surface area contributed by atoms with E-state index in [9.17, 15) is 10.1 Å². The number of hydrogen-bond acceptors (Lipinski definition) is 5. The molecule has 4 aromatic rings. The van der Waals surface area contributed by atoms with E-state index in [1.807, 2.05) is 84.9 Å². The highest BCUT2D eigenvalue weighted by Crippen LogP contribution is 2.24. The Kier molecular flexibility index (Phi) is 6.80. The van der Waals surface area contributed by atoms with Gasteiger partial charge >= 0.3 is 0 Å². The number of carbonyl (C=O) groups excluding carboxylic acids is 1. The number of hydrogen-bond donors (Lipinski definition) is 1. The van der Waals surface area contributed by atoms with Crippen molar-refractivity contribution in [2.45, 2.75) is 13.0 Å². The third kappa shape index (κ3) is 5.19. The second kappa shape index (κ2) is 10.3. The van der Waals surface area contributed by atoms with E-state index in [0.29, 0.717) is 11.3 Å². The van der Waals surface area contributed by atoms with E-state index in [-0.39, 0.29) is 5.91 Å². The topological polar surface area (TPSA) is 92.8 Å². The number of aromatic nitrogens is 3. The molecule has 0 radical (unpaired) electrons. The second-order valence-corrected chi connectivity index (χ2v) is 7.64. The van der Waals surface area contributed by atoms with Gasteiger partial charge in [-0.2, -0.15) is 5.26 Å². The highest BCUT2D eigenvalue weighted by molar-refractivity contribution is 5.93. The van der Waals surface area contributed by atoms with Crippen molar-refractivity contribution >= 4 is 23.2 Å². The summed E-state index contributed by atoms with van der Waals surface area (Å²) in [6, 6.07) is 26.0. The number of methoxy groups -OCH3 is 1. The molecule has 0 aliphatic heterocycles. The Bertz CT molecular complexity index is 1330. The number of nitriles is 1. The van der Waals surface area contributed by atoms with E-state index in [1.54, 1.807) is 20.2 Å². The molecule has 0 aliphatic carbocycles. The number of rotatable bonds is 7. The van der Waals surface area contributed by atoms with Gasteiger partial charge in [-0.1, -0.05) is 59.8 Å². The molecule has 1 unspecified atom stereocenters. The maximum atomic E-state index is 12.6. The lowest BCUT2D eigenvalue weighted by molar-refractivity contribution is -0.119.